The van der Waals surface area contributed by atoms with Crippen LogP contribution >= 0.6 is 0 Å². The lowest BCUT2D eigenvalue weighted by molar-refractivity contribution is 0.111. The van der Waals surface area contributed by atoms with E-state index in [1.165, 1.54) is 12.0 Å². The molecular weight excluding hydrogens is 248 g/mol. The number of nitrogens with zero attached hydrogens (tertiary/aromatic N) is 1. The molecule has 0 radical (unpaired) electrons. The van der Waals surface area contributed by atoms with Crippen LogP contribution in [0.2, 0.25) is 0 Å². The molecule has 0 atom stereocenters. The number of benzene rings is 1. The van der Waals surface area contributed by atoms with Crippen molar-refractivity contribution in [1.82, 2.24) is 10.2 Å². The maximum Gasteiger partial charge on any atom is 0.0591 e. The molecule has 1 aromatic carbocycles. The fourth-order valence-corrected chi connectivity index (χ4v) is 2.04. The third-order valence-corrected chi connectivity index (χ3v) is 3.06. The summed E-state index contributed by atoms with van der Waals surface area (Å²) in [6.45, 7) is 10.2. The summed E-state index contributed by atoms with van der Waals surface area (Å²) in [5.74, 6) is 0.627. The van der Waals surface area contributed by atoms with Crippen LogP contribution in [0.5, 0.6) is 0 Å². The summed E-state index contributed by atoms with van der Waals surface area (Å²) < 4.78 is 5.53. The van der Waals surface area contributed by atoms with Crippen molar-refractivity contribution in [2.24, 2.45) is 5.92 Å². The summed E-state index contributed by atoms with van der Waals surface area (Å²) in [7, 11) is 2.18. The third-order valence-electron chi connectivity index (χ3n) is 3.06. The van der Waals surface area contributed by atoms with Crippen LogP contribution < -0.4 is 5.32 Å². The van der Waals surface area contributed by atoms with E-state index in [9.17, 15) is 0 Å². The molecule has 0 aliphatic heterocycles. The highest BCUT2D eigenvalue weighted by molar-refractivity contribution is 5.14. The lowest BCUT2D eigenvalue weighted by Crippen LogP contribution is -2.26. The maximum atomic E-state index is 5.53. The Labute approximate surface area is 124 Å². The Hall–Kier alpha value is -0.900. The van der Waals surface area contributed by atoms with Gasteiger partial charge in [0, 0.05) is 19.7 Å². The van der Waals surface area contributed by atoms with E-state index >= 15 is 0 Å². The Morgan fingerprint density at radius 3 is 2.60 bits per heavy atom. The van der Waals surface area contributed by atoms with Gasteiger partial charge in [0.15, 0.2) is 0 Å². The smallest absolute Gasteiger partial charge is 0.0591 e. The highest BCUT2D eigenvalue weighted by atomic mass is 16.5. The van der Waals surface area contributed by atoms with E-state index in [4.69, 9.17) is 4.74 Å². The molecule has 3 nitrogen and oxygen atoms in total. The van der Waals surface area contributed by atoms with Crippen LogP contribution in [0.15, 0.2) is 30.3 Å². The largest absolute Gasteiger partial charge is 0.380 e. The van der Waals surface area contributed by atoms with Crippen molar-refractivity contribution >= 4 is 0 Å². The summed E-state index contributed by atoms with van der Waals surface area (Å²) in [6.07, 6.45) is 1.17. The summed E-state index contributed by atoms with van der Waals surface area (Å²) in [6, 6.07) is 10.6. The normalized spacial score (nSPS) is 11.4. The second kappa shape index (κ2) is 10.8. The molecular formula is C17H30N2O. The third kappa shape index (κ3) is 9.08. The van der Waals surface area contributed by atoms with Crippen LogP contribution in [0.25, 0.3) is 0 Å². The first-order chi connectivity index (χ1) is 9.68. The van der Waals surface area contributed by atoms with Crippen molar-refractivity contribution in [1.29, 1.82) is 0 Å². The van der Waals surface area contributed by atoms with E-state index in [0.717, 1.165) is 39.4 Å². The zero-order valence-electron chi connectivity index (χ0n) is 13.3. The molecule has 0 saturated heterocycles. The Kier molecular flexibility index (Phi) is 9.29. The van der Waals surface area contributed by atoms with Gasteiger partial charge in [0.1, 0.15) is 0 Å². The molecule has 0 heterocycles. The quantitative estimate of drug-likeness (QED) is 0.630. The summed E-state index contributed by atoms with van der Waals surface area (Å²) >= 11 is 0. The Bertz CT molecular complexity index is 327. The fraction of sp³-hybridized carbons (Fsp3) is 0.647. The van der Waals surface area contributed by atoms with Gasteiger partial charge in [-0.2, -0.15) is 0 Å². The van der Waals surface area contributed by atoms with Gasteiger partial charge in [0.05, 0.1) is 6.61 Å². The molecule has 0 aliphatic carbocycles. The molecule has 0 aliphatic rings. The minimum absolute atomic E-state index is 0.627. The van der Waals surface area contributed by atoms with Gasteiger partial charge in [0.2, 0.25) is 0 Å². The van der Waals surface area contributed by atoms with Gasteiger partial charge in [-0.1, -0.05) is 44.2 Å². The predicted octanol–water partition coefficient (Wildman–Crippen LogP) is 2.77. The second-order valence-electron chi connectivity index (χ2n) is 5.80. The number of ether oxygens (including phenoxy) is 1. The first kappa shape index (κ1) is 17.2. The minimum Gasteiger partial charge on any atom is -0.380 e. The van der Waals surface area contributed by atoms with Gasteiger partial charge < -0.3 is 15.0 Å². The van der Waals surface area contributed by atoms with Gasteiger partial charge in [-0.15, -0.1) is 0 Å². The average Bonchev–Trinajstić information content (AvgIpc) is 2.42. The molecule has 0 unspecified atom stereocenters. The van der Waals surface area contributed by atoms with Crippen LogP contribution in [0.3, 0.4) is 0 Å². The van der Waals surface area contributed by atoms with Crippen LogP contribution in [0.1, 0.15) is 25.8 Å². The van der Waals surface area contributed by atoms with Crippen molar-refractivity contribution in [3.63, 3.8) is 0 Å². The Balaban J connectivity index is 1.93. The summed E-state index contributed by atoms with van der Waals surface area (Å²) in [5.41, 5.74) is 1.38. The van der Waals surface area contributed by atoms with E-state index < -0.39 is 0 Å². The highest BCUT2D eigenvalue weighted by Gasteiger charge is 1.99. The van der Waals surface area contributed by atoms with Crippen molar-refractivity contribution in [2.75, 3.05) is 39.9 Å². The molecule has 20 heavy (non-hydrogen) atoms. The van der Waals surface area contributed by atoms with Crippen molar-refractivity contribution in [2.45, 2.75) is 26.8 Å². The molecule has 0 spiro atoms. The standard InChI is InChI=1S/C17H30N2O/c1-16(2)15-20-13-11-18-10-7-12-19(3)14-17-8-5-4-6-9-17/h4-6,8-9,16,18H,7,10-15H2,1-3H3. The van der Waals surface area contributed by atoms with Gasteiger partial charge in [0.25, 0.3) is 0 Å². The van der Waals surface area contributed by atoms with E-state index in [0.29, 0.717) is 5.92 Å². The number of nitrogens with one attached hydrogen (secondary N) is 1. The second-order valence-corrected chi connectivity index (χ2v) is 5.80. The zero-order chi connectivity index (χ0) is 14.6. The number of hydrogen-bond acceptors (Lipinski definition) is 3. The molecule has 1 rings (SSSR count). The van der Waals surface area contributed by atoms with Crippen molar-refractivity contribution in [3.8, 4) is 0 Å². The maximum absolute atomic E-state index is 5.53. The van der Waals surface area contributed by atoms with E-state index in [1.807, 2.05) is 0 Å². The molecule has 1 aromatic rings. The monoisotopic (exact) mass is 278 g/mol. The molecule has 0 aromatic heterocycles. The minimum atomic E-state index is 0.627. The molecule has 0 fully saturated rings. The van der Waals surface area contributed by atoms with E-state index in [-0.39, 0.29) is 0 Å². The van der Waals surface area contributed by atoms with Crippen molar-refractivity contribution in [3.05, 3.63) is 35.9 Å². The fourth-order valence-electron chi connectivity index (χ4n) is 2.04. The van der Waals surface area contributed by atoms with Gasteiger partial charge in [-0.3, -0.25) is 0 Å². The topological polar surface area (TPSA) is 24.5 Å². The lowest BCUT2D eigenvalue weighted by Gasteiger charge is -2.16. The van der Waals surface area contributed by atoms with Crippen LogP contribution in [-0.2, 0) is 11.3 Å². The first-order valence-electron chi connectivity index (χ1n) is 7.69. The molecule has 0 bridgehead atoms. The van der Waals surface area contributed by atoms with Crippen LogP contribution in [-0.4, -0.2) is 44.8 Å². The van der Waals surface area contributed by atoms with Gasteiger partial charge in [-0.25, -0.2) is 0 Å². The predicted molar refractivity (Wildman–Crippen MR) is 85.9 cm³/mol. The van der Waals surface area contributed by atoms with Gasteiger partial charge in [-0.05, 0) is 38.0 Å². The highest BCUT2D eigenvalue weighted by Crippen LogP contribution is 2.02. The molecule has 3 heteroatoms. The van der Waals surface area contributed by atoms with Crippen LogP contribution in [0.4, 0.5) is 0 Å². The Morgan fingerprint density at radius 2 is 1.90 bits per heavy atom. The van der Waals surface area contributed by atoms with Crippen LogP contribution in [0, 0.1) is 5.92 Å². The summed E-state index contributed by atoms with van der Waals surface area (Å²) in [4.78, 5) is 2.37. The average molecular weight is 278 g/mol. The van der Waals surface area contributed by atoms with E-state index in [2.05, 4.69) is 61.4 Å². The van der Waals surface area contributed by atoms with Crippen molar-refractivity contribution < 1.29 is 4.74 Å². The van der Waals surface area contributed by atoms with Gasteiger partial charge >= 0.3 is 0 Å². The Morgan fingerprint density at radius 1 is 1.15 bits per heavy atom. The molecule has 114 valence electrons. The SMILES string of the molecule is CC(C)COCCNCCCN(C)Cc1ccccc1. The first-order valence-corrected chi connectivity index (χ1v) is 7.69. The molecule has 0 saturated carbocycles. The number of hydrogen-bond donors (Lipinski definition) is 1. The molecule has 1 N–H and O–H groups in total. The lowest BCUT2D eigenvalue weighted by atomic mass is 10.2. The number of rotatable bonds is 11. The summed E-state index contributed by atoms with van der Waals surface area (Å²) in [5, 5.41) is 3.43. The van der Waals surface area contributed by atoms with E-state index in [1.54, 1.807) is 0 Å². The zero-order valence-corrected chi connectivity index (χ0v) is 13.3. The molecule has 0 amide bonds.